The van der Waals surface area contributed by atoms with E-state index < -0.39 is 6.04 Å². The first-order chi connectivity index (χ1) is 19.9. The molecule has 2 atom stereocenters. The number of hydrogen-bond donors (Lipinski definition) is 4. The number of imide groups is 1. The van der Waals surface area contributed by atoms with Crippen molar-refractivity contribution < 1.29 is 14.4 Å². The smallest absolute Gasteiger partial charge is 0.253 e. The standard InChI is InChI=1S/C33H44N6O3/c1-22-11-12-23(2)28(19-22)38-21-25(27(35)20-24-9-7-6-8-10-24)31(33(3,4)5)36-16-15-26(34)32(42)37-17-18-39-29(40)13-14-30(39)41/h6-14,19,21,26,31,36H,15-18,20,34-35H2,1-5H3,(H,37,42)/t26-,31-/m0/s1. The summed E-state index contributed by atoms with van der Waals surface area (Å²) in [4.78, 5) is 41.9. The SMILES string of the molecule is Cc1ccc(C)c(N=CC(=C(N)Cc2ccccc2)[C@H](NCC[C@H](N)C(=O)NCCN2C(=O)C=CC2=O)C(C)(C)C)c1. The highest BCUT2D eigenvalue weighted by Gasteiger charge is 2.29. The van der Waals surface area contributed by atoms with Gasteiger partial charge in [-0.3, -0.25) is 24.3 Å². The number of allylic oxidation sites excluding steroid dienone is 1. The molecule has 3 amide bonds. The highest BCUT2D eigenvalue weighted by atomic mass is 16.2. The van der Waals surface area contributed by atoms with Gasteiger partial charge in [0.1, 0.15) is 0 Å². The Morgan fingerprint density at radius 1 is 1.02 bits per heavy atom. The minimum Gasteiger partial charge on any atom is -0.401 e. The Hall–Kier alpha value is -4.08. The van der Waals surface area contributed by atoms with Crippen molar-refractivity contribution in [3.8, 4) is 0 Å². The average molecular weight is 573 g/mol. The fraction of sp³-hybridized carbons (Fsp3) is 0.394. The molecule has 9 nitrogen and oxygen atoms in total. The second kappa shape index (κ2) is 14.7. The number of rotatable bonds is 13. The molecule has 0 radical (unpaired) electrons. The van der Waals surface area contributed by atoms with Crippen LogP contribution in [0.3, 0.4) is 0 Å². The van der Waals surface area contributed by atoms with E-state index in [-0.39, 0.29) is 42.3 Å². The van der Waals surface area contributed by atoms with E-state index in [1.165, 1.54) is 12.2 Å². The van der Waals surface area contributed by atoms with E-state index >= 15 is 0 Å². The van der Waals surface area contributed by atoms with E-state index in [0.717, 1.165) is 32.9 Å². The van der Waals surface area contributed by atoms with Crippen LogP contribution in [0, 0.1) is 19.3 Å². The quantitative estimate of drug-likeness (QED) is 0.214. The van der Waals surface area contributed by atoms with Crippen molar-refractivity contribution in [2.45, 2.75) is 59.5 Å². The average Bonchev–Trinajstić information content (AvgIpc) is 3.26. The first-order valence-electron chi connectivity index (χ1n) is 14.3. The molecule has 0 fully saturated rings. The molecule has 1 aliphatic heterocycles. The van der Waals surface area contributed by atoms with E-state index in [2.05, 4.69) is 61.7 Å². The fourth-order valence-corrected chi connectivity index (χ4v) is 4.73. The van der Waals surface area contributed by atoms with Crippen LogP contribution < -0.4 is 22.1 Å². The first kappa shape index (κ1) is 32.4. The Balaban J connectivity index is 1.73. The minimum absolute atomic E-state index is 0.0993. The molecule has 224 valence electrons. The van der Waals surface area contributed by atoms with Gasteiger partial charge >= 0.3 is 0 Å². The summed E-state index contributed by atoms with van der Waals surface area (Å²) >= 11 is 0. The first-order valence-corrected chi connectivity index (χ1v) is 14.3. The highest BCUT2D eigenvalue weighted by molar-refractivity contribution is 6.12. The molecule has 2 aromatic carbocycles. The highest BCUT2D eigenvalue weighted by Crippen LogP contribution is 2.28. The van der Waals surface area contributed by atoms with E-state index in [9.17, 15) is 14.4 Å². The summed E-state index contributed by atoms with van der Waals surface area (Å²) in [6.45, 7) is 11.2. The molecule has 0 saturated carbocycles. The lowest BCUT2D eigenvalue weighted by Gasteiger charge is -2.34. The van der Waals surface area contributed by atoms with Gasteiger partial charge < -0.3 is 22.1 Å². The van der Waals surface area contributed by atoms with E-state index in [1.54, 1.807) is 0 Å². The summed E-state index contributed by atoms with van der Waals surface area (Å²) in [6, 6.07) is 15.3. The lowest BCUT2D eigenvalue weighted by atomic mass is 9.81. The molecule has 0 bridgehead atoms. The Bertz CT molecular complexity index is 1340. The normalized spacial score (nSPS) is 15.7. The Morgan fingerprint density at radius 3 is 2.33 bits per heavy atom. The Morgan fingerprint density at radius 2 is 1.69 bits per heavy atom. The maximum Gasteiger partial charge on any atom is 0.253 e. The molecule has 3 rings (SSSR count). The summed E-state index contributed by atoms with van der Waals surface area (Å²) in [6.07, 6.45) is 5.25. The lowest BCUT2D eigenvalue weighted by Crippen LogP contribution is -2.48. The molecule has 0 spiro atoms. The molecule has 0 aliphatic carbocycles. The third-order valence-corrected chi connectivity index (χ3v) is 7.17. The maximum absolute atomic E-state index is 12.6. The van der Waals surface area contributed by atoms with Crippen molar-refractivity contribution in [2.75, 3.05) is 19.6 Å². The van der Waals surface area contributed by atoms with Gasteiger partial charge in [0.2, 0.25) is 5.91 Å². The van der Waals surface area contributed by atoms with E-state index in [0.29, 0.717) is 25.1 Å². The van der Waals surface area contributed by atoms with Crippen LogP contribution in [0.4, 0.5) is 5.69 Å². The zero-order chi connectivity index (χ0) is 30.9. The number of carbonyl (C=O) groups is 3. The predicted octanol–water partition coefficient (Wildman–Crippen LogP) is 3.22. The number of hydrogen-bond acceptors (Lipinski definition) is 7. The predicted molar refractivity (Wildman–Crippen MR) is 168 cm³/mol. The van der Waals surface area contributed by atoms with Gasteiger partial charge in [-0.25, -0.2) is 0 Å². The molecule has 9 heteroatoms. The van der Waals surface area contributed by atoms with Crippen molar-refractivity contribution in [3.63, 3.8) is 0 Å². The van der Waals surface area contributed by atoms with Crippen LogP contribution in [0.1, 0.15) is 43.9 Å². The van der Waals surface area contributed by atoms with Gasteiger partial charge in [-0.15, -0.1) is 0 Å². The van der Waals surface area contributed by atoms with Gasteiger partial charge in [0, 0.05) is 55.2 Å². The van der Waals surface area contributed by atoms with Crippen LogP contribution >= 0.6 is 0 Å². The number of amides is 3. The van der Waals surface area contributed by atoms with Gasteiger partial charge in [0.05, 0.1) is 11.7 Å². The molecule has 0 aromatic heterocycles. The minimum atomic E-state index is -0.765. The van der Waals surface area contributed by atoms with E-state index in [1.807, 2.05) is 38.3 Å². The molecule has 6 N–H and O–H groups in total. The zero-order valence-corrected chi connectivity index (χ0v) is 25.3. The summed E-state index contributed by atoms with van der Waals surface area (Å²) in [7, 11) is 0. The Labute approximate surface area is 249 Å². The third kappa shape index (κ3) is 9.22. The third-order valence-electron chi connectivity index (χ3n) is 7.17. The number of benzene rings is 2. The molecule has 0 saturated heterocycles. The summed E-state index contributed by atoms with van der Waals surface area (Å²) in [5.41, 5.74) is 18.5. The van der Waals surface area contributed by atoms with Crippen LogP contribution in [0.25, 0.3) is 0 Å². The summed E-state index contributed by atoms with van der Waals surface area (Å²) in [5, 5.41) is 6.31. The van der Waals surface area contributed by atoms with Crippen LogP contribution in [0.2, 0.25) is 0 Å². The van der Waals surface area contributed by atoms with Gasteiger partial charge in [-0.05, 0) is 55.0 Å². The molecule has 1 heterocycles. The number of nitrogens with one attached hydrogen (secondary N) is 2. The van der Waals surface area contributed by atoms with Crippen molar-refractivity contribution in [3.05, 3.63) is 88.6 Å². The summed E-state index contributed by atoms with van der Waals surface area (Å²) in [5.74, 6) is -1.10. The topological polar surface area (TPSA) is 143 Å². The van der Waals surface area contributed by atoms with Crippen LogP contribution in [0.15, 0.2) is 76.9 Å². The molecule has 42 heavy (non-hydrogen) atoms. The van der Waals surface area contributed by atoms with Gasteiger partial charge in [0.15, 0.2) is 0 Å². The van der Waals surface area contributed by atoms with Gasteiger partial charge in [0.25, 0.3) is 11.8 Å². The number of nitrogens with zero attached hydrogens (tertiary/aromatic N) is 2. The zero-order valence-electron chi connectivity index (χ0n) is 25.3. The molecule has 1 aliphatic rings. The largest absolute Gasteiger partial charge is 0.401 e. The van der Waals surface area contributed by atoms with Crippen LogP contribution in [-0.2, 0) is 20.8 Å². The number of aryl methyl sites for hydroxylation is 2. The molecular weight excluding hydrogens is 528 g/mol. The van der Waals surface area contributed by atoms with Crippen LogP contribution in [0.5, 0.6) is 0 Å². The molecule has 0 unspecified atom stereocenters. The van der Waals surface area contributed by atoms with Crippen molar-refractivity contribution >= 4 is 29.6 Å². The van der Waals surface area contributed by atoms with Crippen molar-refractivity contribution in [2.24, 2.45) is 21.9 Å². The van der Waals surface area contributed by atoms with E-state index in [4.69, 9.17) is 16.5 Å². The van der Waals surface area contributed by atoms with Gasteiger partial charge in [-0.1, -0.05) is 63.2 Å². The maximum atomic E-state index is 12.6. The number of carbonyl (C=O) groups excluding carboxylic acids is 3. The monoisotopic (exact) mass is 572 g/mol. The van der Waals surface area contributed by atoms with Crippen molar-refractivity contribution in [1.29, 1.82) is 0 Å². The number of nitrogens with two attached hydrogens (primary N) is 2. The fourth-order valence-electron chi connectivity index (χ4n) is 4.73. The van der Waals surface area contributed by atoms with Crippen LogP contribution in [-0.4, -0.2) is 60.6 Å². The van der Waals surface area contributed by atoms with Crippen molar-refractivity contribution in [1.82, 2.24) is 15.5 Å². The van der Waals surface area contributed by atoms with Gasteiger partial charge in [-0.2, -0.15) is 0 Å². The molecule has 2 aromatic rings. The second-order valence-electron chi connectivity index (χ2n) is 11.8. The number of aliphatic imine (C=N–C) groups is 1. The second-order valence-corrected chi connectivity index (χ2v) is 11.8. The Kier molecular flexibility index (Phi) is 11.4. The molecular formula is C33H44N6O3. The lowest BCUT2D eigenvalue weighted by molar-refractivity contribution is -0.137. The summed E-state index contributed by atoms with van der Waals surface area (Å²) < 4.78 is 0.